The fourth-order valence-electron chi connectivity index (χ4n) is 1.67. The van der Waals surface area contributed by atoms with Gasteiger partial charge in [0.05, 0.1) is 10.6 Å². The molecule has 0 amide bonds. The van der Waals surface area contributed by atoms with E-state index < -0.39 is 4.92 Å². The van der Waals surface area contributed by atoms with Crippen molar-refractivity contribution in [1.29, 1.82) is 0 Å². The van der Waals surface area contributed by atoms with Gasteiger partial charge in [-0.2, -0.15) is 0 Å². The van der Waals surface area contributed by atoms with E-state index in [-0.39, 0.29) is 5.69 Å². The highest BCUT2D eigenvalue weighted by Crippen LogP contribution is 2.29. The van der Waals surface area contributed by atoms with Crippen molar-refractivity contribution in [3.8, 4) is 11.1 Å². The van der Waals surface area contributed by atoms with Crippen LogP contribution in [0.5, 0.6) is 0 Å². The molecular formula is C11H10N2O3. The number of hydrogen-bond acceptors (Lipinski definition) is 4. The lowest BCUT2D eigenvalue weighted by molar-refractivity contribution is -0.384. The molecule has 0 atom stereocenters. The standard InChI is InChI=1S/C11H10N2O3/c1-7-11(8(2)16-12-7)9-4-3-5-10(6-9)13(14)15/h3-6H,1-2H3. The van der Waals surface area contributed by atoms with E-state index in [1.807, 2.05) is 6.92 Å². The summed E-state index contributed by atoms with van der Waals surface area (Å²) in [6.07, 6.45) is 0. The molecule has 0 saturated carbocycles. The first-order valence-corrected chi connectivity index (χ1v) is 4.77. The Morgan fingerprint density at radius 2 is 2.12 bits per heavy atom. The smallest absolute Gasteiger partial charge is 0.270 e. The molecule has 0 aliphatic rings. The summed E-state index contributed by atoms with van der Waals surface area (Å²) >= 11 is 0. The van der Waals surface area contributed by atoms with E-state index >= 15 is 0 Å². The minimum Gasteiger partial charge on any atom is -0.361 e. The molecule has 1 aromatic heterocycles. The molecule has 0 aliphatic heterocycles. The predicted octanol–water partition coefficient (Wildman–Crippen LogP) is 2.87. The van der Waals surface area contributed by atoms with Crippen LogP contribution in [0, 0.1) is 24.0 Å². The van der Waals surface area contributed by atoms with Gasteiger partial charge in [-0.3, -0.25) is 10.1 Å². The third-order valence-electron chi connectivity index (χ3n) is 2.38. The Kier molecular flexibility index (Phi) is 2.44. The topological polar surface area (TPSA) is 69.2 Å². The molecule has 0 fully saturated rings. The van der Waals surface area contributed by atoms with Crippen molar-refractivity contribution >= 4 is 5.69 Å². The molecule has 2 rings (SSSR count). The SMILES string of the molecule is Cc1noc(C)c1-c1cccc([N+](=O)[O-])c1. The Labute approximate surface area is 91.8 Å². The van der Waals surface area contributed by atoms with Gasteiger partial charge in [0, 0.05) is 17.7 Å². The second kappa shape index (κ2) is 3.77. The molecular weight excluding hydrogens is 208 g/mol. The maximum absolute atomic E-state index is 10.7. The number of hydrogen-bond donors (Lipinski definition) is 0. The van der Waals surface area contributed by atoms with E-state index in [0.29, 0.717) is 5.76 Å². The van der Waals surface area contributed by atoms with Gasteiger partial charge in [0.1, 0.15) is 5.76 Å². The zero-order chi connectivity index (χ0) is 11.7. The number of nitro groups is 1. The minimum absolute atomic E-state index is 0.0671. The summed E-state index contributed by atoms with van der Waals surface area (Å²) in [6.45, 7) is 3.60. The summed E-state index contributed by atoms with van der Waals surface area (Å²) in [5.74, 6) is 0.665. The second-order valence-corrected chi connectivity index (χ2v) is 3.51. The lowest BCUT2D eigenvalue weighted by Crippen LogP contribution is -1.89. The zero-order valence-electron chi connectivity index (χ0n) is 8.93. The van der Waals surface area contributed by atoms with Gasteiger partial charge >= 0.3 is 0 Å². The van der Waals surface area contributed by atoms with Crippen molar-refractivity contribution in [3.63, 3.8) is 0 Å². The van der Waals surface area contributed by atoms with Gasteiger partial charge in [-0.05, 0) is 19.4 Å². The van der Waals surface area contributed by atoms with Gasteiger partial charge in [-0.25, -0.2) is 0 Å². The van der Waals surface area contributed by atoms with Crippen molar-refractivity contribution in [2.45, 2.75) is 13.8 Å². The molecule has 1 heterocycles. The molecule has 0 saturated heterocycles. The summed E-state index contributed by atoms with van der Waals surface area (Å²) < 4.78 is 5.03. The van der Waals surface area contributed by atoms with Crippen LogP contribution in [0.25, 0.3) is 11.1 Å². The number of nitrogens with zero attached hydrogens (tertiary/aromatic N) is 2. The molecule has 16 heavy (non-hydrogen) atoms. The van der Waals surface area contributed by atoms with Crippen LogP contribution in [0.4, 0.5) is 5.69 Å². The highest BCUT2D eigenvalue weighted by Gasteiger charge is 2.14. The quantitative estimate of drug-likeness (QED) is 0.574. The summed E-state index contributed by atoms with van der Waals surface area (Å²) in [5, 5.41) is 14.5. The molecule has 0 radical (unpaired) electrons. The zero-order valence-corrected chi connectivity index (χ0v) is 8.93. The molecule has 0 unspecified atom stereocenters. The number of non-ortho nitro benzene ring substituents is 1. The maximum Gasteiger partial charge on any atom is 0.270 e. The minimum atomic E-state index is -0.415. The molecule has 82 valence electrons. The van der Waals surface area contributed by atoms with Crippen LogP contribution in [0.15, 0.2) is 28.8 Å². The number of aryl methyl sites for hydroxylation is 2. The van der Waals surface area contributed by atoms with Crippen molar-refractivity contribution in [2.75, 3.05) is 0 Å². The fraction of sp³-hybridized carbons (Fsp3) is 0.182. The average Bonchev–Trinajstić information content (AvgIpc) is 2.59. The van der Waals surface area contributed by atoms with Crippen molar-refractivity contribution in [2.24, 2.45) is 0 Å². The first kappa shape index (κ1) is 10.4. The van der Waals surface area contributed by atoms with Gasteiger partial charge in [0.25, 0.3) is 5.69 Å². The van der Waals surface area contributed by atoms with Crippen molar-refractivity contribution in [1.82, 2.24) is 5.16 Å². The van der Waals surface area contributed by atoms with Crippen molar-refractivity contribution < 1.29 is 9.45 Å². The van der Waals surface area contributed by atoms with Gasteiger partial charge in [-0.15, -0.1) is 0 Å². The van der Waals surface area contributed by atoms with Crippen LogP contribution in [-0.4, -0.2) is 10.1 Å². The number of nitro benzene ring substituents is 1. The van der Waals surface area contributed by atoms with E-state index in [1.54, 1.807) is 19.1 Å². The van der Waals surface area contributed by atoms with Crippen molar-refractivity contribution in [3.05, 3.63) is 45.8 Å². The summed E-state index contributed by atoms with van der Waals surface area (Å²) in [4.78, 5) is 10.2. The Morgan fingerprint density at radius 1 is 1.38 bits per heavy atom. The van der Waals surface area contributed by atoms with Gasteiger partial charge in [0.15, 0.2) is 0 Å². The van der Waals surface area contributed by atoms with Gasteiger partial charge in [0.2, 0.25) is 0 Å². The van der Waals surface area contributed by atoms with Crippen LogP contribution in [0.3, 0.4) is 0 Å². The van der Waals surface area contributed by atoms with Crippen LogP contribution in [-0.2, 0) is 0 Å². The first-order valence-electron chi connectivity index (χ1n) is 4.77. The van der Waals surface area contributed by atoms with E-state index in [9.17, 15) is 10.1 Å². The highest BCUT2D eigenvalue weighted by atomic mass is 16.6. The molecule has 2 aromatic rings. The number of benzene rings is 1. The molecule has 1 aromatic carbocycles. The Balaban J connectivity index is 2.57. The third-order valence-corrected chi connectivity index (χ3v) is 2.38. The lowest BCUT2D eigenvalue weighted by atomic mass is 10.0. The van der Waals surface area contributed by atoms with Crippen LogP contribution >= 0.6 is 0 Å². The van der Waals surface area contributed by atoms with Crippen LogP contribution in [0.1, 0.15) is 11.5 Å². The largest absolute Gasteiger partial charge is 0.361 e. The molecule has 0 spiro atoms. The number of rotatable bonds is 2. The predicted molar refractivity (Wildman–Crippen MR) is 58.1 cm³/mol. The summed E-state index contributed by atoms with van der Waals surface area (Å²) in [5.41, 5.74) is 2.38. The molecule has 5 heteroatoms. The molecule has 5 nitrogen and oxygen atoms in total. The van der Waals surface area contributed by atoms with E-state index in [1.165, 1.54) is 12.1 Å². The highest BCUT2D eigenvalue weighted by molar-refractivity contribution is 5.69. The van der Waals surface area contributed by atoms with Crippen LogP contribution in [0.2, 0.25) is 0 Å². The Hall–Kier alpha value is -2.17. The van der Waals surface area contributed by atoms with E-state index in [2.05, 4.69) is 5.16 Å². The van der Waals surface area contributed by atoms with Gasteiger partial charge < -0.3 is 4.52 Å². The maximum atomic E-state index is 10.7. The molecule has 0 N–H and O–H groups in total. The summed E-state index contributed by atoms with van der Waals surface area (Å²) in [7, 11) is 0. The van der Waals surface area contributed by atoms with Gasteiger partial charge in [-0.1, -0.05) is 17.3 Å². The molecule has 0 aliphatic carbocycles. The Bertz CT molecular complexity index is 526. The number of aromatic nitrogens is 1. The average molecular weight is 218 g/mol. The normalized spacial score (nSPS) is 10.4. The van der Waals surface area contributed by atoms with Crippen LogP contribution < -0.4 is 0 Å². The third kappa shape index (κ3) is 1.67. The van der Waals surface area contributed by atoms with E-state index in [4.69, 9.17) is 4.52 Å². The first-order chi connectivity index (χ1) is 7.59. The van der Waals surface area contributed by atoms with E-state index in [0.717, 1.165) is 16.8 Å². The lowest BCUT2D eigenvalue weighted by Gasteiger charge is -1.99. The fourth-order valence-corrected chi connectivity index (χ4v) is 1.67. The second-order valence-electron chi connectivity index (χ2n) is 3.51. The monoisotopic (exact) mass is 218 g/mol. The summed E-state index contributed by atoms with van der Waals surface area (Å²) in [6, 6.07) is 6.44. The Morgan fingerprint density at radius 3 is 2.69 bits per heavy atom. The molecule has 0 bridgehead atoms.